The highest BCUT2D eigenvalue weighted by molar-refractivity contribution is 8.00. The van der Waals surface area contributed by atoms with Gasteiger partial charge in [0.2, 0.25) is 5.91 Å². The fourth-order valence-corrected chi connectivity index (χ4v) is 3.07. The zero-order valence-corrected chi connectivity index (χ0v) is 14.4. The molecule has 0 radical (unpaired) electrons. The molecule has 0 aliphatic carbocycles. The van der Waals surface area contributed by atoms with Crippen LogP contribution in [0.4, 0.5) is 11.4 Å². The molecule has 2 amide bonds. The van der Waals surface area contributed by atoms with Gasteiger partial charge in [-0.2, -0.15) is 0 Å². The molecule has 0 aromatic heterocycles. The number of rotatable bonds is 4. The van der Waals surface area contributed by atoms with Crippen LogP contribution < -0.4 is 10.6 Å². The van der Waals surface area contributed by atoms with Crippen LogP contribution in [0, 0.1) is 0 Å². The molecular formula is C17H13ClN2O4S. The Balaban J connectivity index is 1.57. The van der Waals surface area contributed by atoms with E-state index >= 15 is 0 Å². The van der Waals surface area contributed by atoms with Crippen molar-refractivity contribution in [3.05, 3.63) is 53.1 Å². The van der Waals surface area contributed by atoms with Crippen LogP contribution in [0.15, 0.2) is 47.4 Å². The van der Waals surface area contributed by atoms with Gasteiger partial charge in [-0.3, -0.25) is 9.59 Å². The molecule has 0 atom stereocenters. The first kappa shape index (κ1) is 17.3. The van der Waals surface area contributed by atoms with E-state index in [0.717, 1.165) is 4.90 Å². The minimum atomic E-state index is -0.640. The van der Waals surface area contributed by atoms with E-state index in [0.29, 0.717) is 22.2 Å². The number of anilines is 2. The van der Waals surface area contributed by atoms with Gasteiger partial charge in [-0.15, -0.1) is 11.8 Å². The number of fused-ring (bicyclic) bond motifs is 1. The third-order valence-electron chi connectivity index (χ3n) is 3.31. The van der Waals surface area contributed by atoms with Gasteiger partial charge >= 0.3 is 5.97 Å². The van der Waals surface area contributed by atoms with Crippen LogP contribution in [0.3, 0.4) is 0 Å². The zero-order valence-electron chi connectivity index (χ0n) is 12.9. The summed E-state index contributed by atoms with van der Waals surface area (Å²) in [5.41, 5.74) is 1.39. The molecule has 0 saturated carbocycles. The van der Waals surface area contributed by atoms with Gasteiger partial charge in [-0.25, -0.2) is 4.79 Å². The van der Waals surface area contributed by atoms with Crippen molar-refractivity contribution in [1.29, 1.82) is 0 Å². The maximum absolute atomic E-state index is 12.1. The molecule has 8 heteroatoms. The summed E-state index contributed by atoms with van der Waals surface area (Å²) >= 11 is 7.17. The van der Waals surface area contributed by atoms with Crippen molar-refractivity contribution in [2.45, 2.75) is 4.90 Å². The maximum Gasteiger partial charge on any atom is 0.338 e. The number of esters is 1. The number of carbonyl (C=O) groups excluding carboxylic acids is 3. The van der Waals surface area contributed by atoms with Crippen molar-refractivity contribution in [3.8, 4) is 0 Å². The number of ether oxygens (including phenoxy) is 1. The summed E-state index contributed by atoms with van der Waals surface area (Å²) in [6.45, 7) is -0.417. The average molecular weight is 377 g/mol. The minimum absolute atomic E-state index is 0.120. The number of carbonyl (C=O) groups is 3. The molecule has 2 N–H and O–H groups in total. The second-order valence-corrected chi connectivity index (χ2v) is 6.63. The first-order valence-electron chi connectivity index (χ1n) is 7.30. The van der Waals surface area contributed by atoms with Crippen LogP contribution >= 0.6 is 23.4 Å². The second-order valence-electron chi connectivity index (χ2n) is 5.18. The van der Waals surface area contributed by atoms with Crippen molar-refractivity contribution in [2.24, 2.45) is 0 Å². The quantitative estimate of drug-likeness (QED) is 0.800. The Bertz CT molecular complexity index is 839. The fourth-order valence-electron chi connectivity index (χ4n) is 2.15. The molecule has 1 aliphatic rings. The number of hydrogen-bond donors (Lipinski definition) is 2. The normalized spacial score (nSPS) is 12.8. The highest BCUT2D eigenvalue weighted by Crippen LogP contribution is 2.32. The minimum Gasteiger partial charge on any atom is -0.452 e. The molecule has 0 unspecified atom stereocenters. The molecule has 1 heterocycles. The lowest BCUT2D eigenvalue weighted by atomic mass is 10.2. The van der Waals surface area contributed by atoms with E-state index < -0.39 is 18.5 Å². The van der Waals surface area contributed by atoms with Crippen molar-refractivity contribution < 1.29 is 19.1 Å². The first-order chi connectivity index (χ1) is 12.0. The summed E-state index contributed by atoms with van der Waals surface area (Å²) in [6, 6.07) is 11.5. The molecule has 0 fully saturated rings. The van der Waals surface area contributed by atoms with E-state index in [4.69, 9.17) is 16.3 Å². The summed E-state index contributed by atoms with van der Waals surface area (Å²) < 4.78 is 5.01. The van der Waals surface area contributed by atoms with Gasteiger partial charge in [-0.1, -0.05) is 11.6 Å². The summed E-state index contributed by atoms with van der Waals surface area (Å²) in [7, 11) is 0. The van der Waals surface area contributed by atoms with Gasteiger partial charge in [0.15, 0.2) is 6.61 Å². The predicted molar refractivity (Wildman–Crippen MR) is 96.2 cm³/mol. The lowest BCUT2D eigenvalue weighted by Gasteiger charge is -2.16. The standard InChI is InChI=1S/C17H13ClN2O4S/c18-11-2-4-12(5-3-11)19-15(21)8-24-17(23)10-1-6-14-13(7-10)20-16(22)9-25-14/h1-7H,8-9H2,(H,19,21)(H,20,22). The Kier molecular flexibility index (Phi) is 5.25. The number of thioether (sulfide) groups is 1. The number of benzene rings is 2. The van der Waals surface area contributed by atoms with Crippen LogP contribution in [0.25, 0.3) is 0 Å². The van der Waals surface area contributed by atoms with Crippen molar-refractivity contribution in [1.82, 2.24) is 0 Å². The molecular weight excluding hydrogens is 364 g/mol. The molecule has 0 saturated heterocycles. The Labute approximate surface area is 152 Å². The van der Waals surface area contributed by atoms with Crippen molar-refractivity contribution in [2.75, 3.05) is 23.0 Å². The molecule has 1 aliphatic heterocycles. The maximum atomic E-state index is 12.1. The average Bonchev–Trinajstić information content (AvgIpc) is 2.61. The van der Waals surface area contributed by atoms with Gasteiger partial charge in [0.1, 0.15) is 0 Å². The van der Waals surface area contributed by atoms with Crippen molar-refractivity contribution >= 4 is 52.5 Å². The highest BCUT2D eigenvalue weighted by Gasteiger charge is 2.18. The Morgan fingerprint density at radius 2 is 1.96 bits per heavy atom. The van der Waals surface area contributed by atoms with Crippen LogP contribution in [0.1, 0.15) is 10.4 Å². The number of amides is 2. The number of hydrogen-bond acceptors (Lipinski definition) is 5. The molecule has 2 aromatic carbocycles. The smallest absolute Gasteiger partial charge is 0.338 e. The SMILES string of the molecule is O=C(COC(=O)c1ccc2c(c1)NC(=O)CS2)Nc1ccc(Cl)cc1. The third-order valence-corrected chi connectivity index (χ3v) is 4.64. The molecule has 6 nitrogen and oxygen atoms in total. The molecule has 128 valence electrons. The molecule has 0 bridgehead atoms. The largest absolute Gasteiger partial charge is 0.452 e. The first-order valence-corrected chi connectivity index (χ1v) is 8.67. The molecule has 2 aromatic rings. The summed E-state index contributed by atoms with van der Waals surface area (Å²) in [6.07, 6.45) is 0. The van der Waals surface area contributed by atoms with E-state index in [-0.39, 0.29) is 11.5 Å². The predicted octanol–water partition coefficient (Wildman–Crippen LogP) is 3.18. The second kappa shape index (κ2) is 7.58. The molecule has 0 spiro atoms. The monoisotopic (exact) mass is 376 g/mol. The lowest BCUT2D eigenvalue weighted by Crippen LogP contribution is -2.21. The van der Waals surface area contributed by atoms with Crippen LogP contribution in [-0.2, 0) is 14.3 Å². The Morgan fingerprint density at radius 3 is 2.72 bits per heavy atom. The van der Waals surface area contributed by atoms with E-state index in [2.05, 4.69) is 10.6 Å². The van der Waals surface area contributed by atoms with Gasteiger partial charge in [0.25, 0.3) is 5.91 Å². The van der Waals surface area contributed by atoms with Gasteiger partial charge < -0.3 is 15.4 Å². The van der Waals surface area contributed by atoms with Gasteiger partial charge in [0, 0.05) is 15.6 Å². The summed E-state index contributed by atoms with van der Waals surface area (Å²) in [4.78, 5) is 36.2. The van der Waals surface area contributed by atoms with Crippen molar-refractivity contribution in [3.63, 3.8) is 0 Å². The molecule has 25 heavy (non-hydrogen) atoms. The van der Waals surface area contributed by atoms with Gasteiger partial charge in [0.05, 0.1) is 17.0 Å². The Hall–Kier alpha value is -2.51. The van der Waals surface area contributed by atoms with Crippen LogP contribution in [-0.4, -0.2) is 30.1 Å². The summed E-state index contributed by atoms with van der Waals surface area (Å²) in [5, 5.41) is 5.85. The highest BCUT2D eigenvalue weighted by atomic mass is 35.5. The lowest BCUT2D eigenvalue weighted by molar-refractivity contribution is -0.119. The van der Waals surface area contributed by atoms with Crippen LogP contribution in [0.2, 0.25) is 5.02 Å². The fraction of sp³-hybridized carbons (Fsp3) is 0.118. The van der Waals surface area contributed by atoms with E-state index in [1.165, 1.54) is 11.8 Å². The van der Waals surface area contributed by atoms with E-state index in [1.807, 2.05) is 0 Å². The topological polar surface area (TPSA) is 84.5 Å². The number of halogens is 1. The van der Waals surface area contributed by atoms with Crippen LogP contribution in [0.5, 0.6) is 0 Å². The Morgan fingerprint density at radius 1 is 1.20 bits per heavy atom. The third kappa shape index (κ3) is 4.52. The summed E-state index contributed by atoms with van der Waals surface area (Å²) in [5.74, 6) is -0.872. The zero-order chi connectivity index (χ0) is 17.8. The van der Waals surface area contributed by atoms with E-state index in [1.54, 1.807) is 42.5 Å². The van der Waals surface area contributed by atoms with E-state index in [9.17, 15) is 14.4 Å². The molecule has 3 rings (SSSR count). The number of nitrogens with one attached hydrogen (secondary N) is 2. The van der Waals surface area contributed by atoms with Gasteiger partial charge in [-0.05, 0) is 42.5 Å².